The van der Waals surface area contributed by atoms with Crippen LogP contribution in [-0.4, -0.2) is 15.2 Å². The molecule has 2 aromatic carbocycles. The molecule has 0 bridgehead atoms. The summed E-state index contributed by atoms with van der Waals surface area (Å²) in [7, 11) is -1.87. The van der Waals surface area contributed by atoms with Crippen molar-refractivity contribution in [2.24, 2.45) is 0 Å². The van der Waals surface area contributed by atoms with E-state index in [2.05, 4.69) is 0 Å². The quantitative estimate of drug-likeness (QED) is 0.810. The first kappa shape index (κ1) is 14.5. The fourth-order valence-electron chi connectivity index (χ4n) is 1.76. The smallest absolute Gasteiger partial charge is 0.178 e. The minimum absolute atomic E-state index is 0.164. The van der Waals surface area contributed by atoms with Gasteiger partial charge in [-0.05, 0) is 19.1 Å². The Bertz CT molecular complexity index is 656. The summed E-state index contributed by atoms with van der Waals surface area (Å²) in [6.45, 7) is 1.47. The third kappa shape index (κ3) is 2.99. The number of Topliss-reactive ketones (excluding diaryl/α,β-unsaturated/α-hetero) is 1. The average molecular weight is 294 g/mol. The van der Waals surface area contributed by atoms with Crippen LogP contribution < -0.4 is 0 Å². The fraction of sp³-hybridized carbons (Fsp3) is 0.133. The van der Waals surface area contributed by atoms with Gasteiger partial charge in [-0.2, -0.15) is 0 Å². The summed E-state index contributed by atoms with van der Waals surface area (Å²) in [5.41, 5.74) is 0.413. The lowest BCUT2D eigenvalue weighted by Gasteiger charge is -2.11. The number of rotatable bonds is 4. The van der Waals surface area contributed by atoms with Gasteiger partial charge in [0.2, 0.25) is 0 Å². The van der Waals surface area contributed by atoms with Crippen LogP contribution in [0.2, 0.25) is 0 Å². The molecule has 0 aliphatic carbocycles. The first-order valence-corrected chi connectivity index (χ1v) is 7.17. The summed E-state index contributed by atoms with van der Waals surface area (Å²) in [6.07, 6.45) is 0. The van der Waals surface area contributed by atoms with Crippen molar-refractivity contribution in [3.8, 4) is 0 Å². The van der Waals surface area contributed by atoms with Gasteiger partial charge >= 0.3 is 0 Å². The second kappa shape index (κ2) is 6.05. The van der Waals surface area contributed by atoms with Gasteiger partial charge < -0.3 is 0 Å². The molecule has 0 aromatic heterocycles. The van der Waals surface area contributed by atoms with Gasteiger partial charge in [0.05, 0.1) is 20.9 Å². The van der Waals surface area contributed by atoms with Gasteiger partial charge in [-0.1, -0.05) is 30.3 Å². The van der Waals surface area contributed by atoms with Crippen molar-refractivity contribution < 1.29 is 17.8 Å². The second-order valence-electron chi connectivity index (χ2n) is 4.24. The van der Waals surface area contributed by atoms with Crippen LogP contribution in [0.5, 0.6) is 0 Å². The highest BCUT2D eigenvalue weighted by Gasteiger charge is 2.24. The maximum Gasteiger partial charge on any atom is 0.178 e. The fourth-order valence-corrected chi connectivity index (χ4v) is 2.93. The van der Waals surface area contributed by atoms with Gasteiger partial charge in [-0.3, -0.25) is 9.00 Å². The Morgan fingerprint density at radius 2 is 1.75 bits per heavy atom. The van der Waals surface area contributed by atoms with Gasteiger partial charge in [-0.15, -0.1) is 0 Å². The van der Waals surface area contributed by atoms with Crippen molar-refractivity contribution >= 4 is 16.6 Å². The van der Waals surface area contributed by atoms with E-state index < -0.39 is 27.7 Å². The van der Waals surface area contributed by atoms with Crippen molar-refractivity contribution in [1.82, 2.24) is 0 Å². The number of hydrogen-bond donors (Lipinski definition) is 0. The van der Waals surface area contributed by atoms with E-state index in [9.17, 15) is 17.8 Å². The zero-order valence-electron chi connectivity index (χ0n) is 10.7. The zero-order chi connectivity index (χ0) is 14.7. The highest BCUT2D eigenvalue weighted by molar-refractivity contribution is 7.86. The number of halogens is 2. The van der Waals surface area contributed by atoms with Gasteiger partial charge in [0.1, 0.15) is 11.6 Å². The Balaban J connectivity index is 2.27. The largest absolute Gasteiger partial charge is 0.293 e. The number of ketones is 1. The molecule has 0 saturated heterocycles. The second-order valence-corrected chi connectivity index (χ2v) is 5.99. The van der Waals surface area contributed by atoms with E-state index in [1.54, 1.807) is 30.3 Å². The minimum atomic E-state index is -1.87. The third-order valence-corrected chi connectivity index (χ3v) is 4.48. The van der Waals surface area contributed by atoms with E-state index in [1.807, 2.05) is 0 Å². The molecule has 2 nitrogen and oxygen atoms in total. The molecule has 0 radical (unpaired) electrons. The summed E-state index contributed by atoms with van der Waals surface area (Å²) >= 11 is 0. The van der Waals surface area contributed by atoms with Gasteiger partial charge in [0.15, 0.2) is 5.78 Å². The molecule has 20 heavy (non-hydrogen) atoms. The standard InChI is InChI=1S/C15H12F2O2S/c1-10(15(18)11-5-3-2-4-6-11)20(19)14-8-7-12(16)9-13(14)17/h2-10H,1H3. The first-order chi connectivity index (χ1) is 9.50. The normalized spacial score (nSPS) is 13.8. The average Bonchev–Trinajstić information content (AvgIpc) is 2.46. The molecule has 2 aromatic rings. The van der Waals surface area contributed by atoms with Crippen LogP contribution >= 0.6 is 0 Å². The topological polar surface area (TPSA) is 34.1 Å². The van der Waals surface area contributed by atoms with Crippen molar-refractivity contribution in [1.29, 1.82) is 0 Å². The van der Waals surface area contributed by atoms with E-state index >= 15 is 0 Å². The molecule has 0 spiro atoms. The van der Waals surface area contributed by atoms with Crippen LogP contribution in [0.3, 0.4) is 0 Å². The van der Waals surface area contributed by atoms with Crippen LogP contribution in [-0.2, 0) is 10.8 Å². The van der Waals surface area contributed by atoms with Gasteiger partial charge in [0, 0.05) is 11.6 Å². The Kier molecular flexibility index (Phi) is 4.39. The number of carbonyl (C=O) groups is 1. The zero-order valence-corrected chi connectivity index (χ0v) is 11.5. The molecule has 0 fully saturated rings. The molecule has 2 unspecified atom stereocenters. The molecule has 0 saturated carbocycles. The van der Waals surface area contributed by atoms with Crippen molar-refractivity contribution in [3.05, 3.63) is 65.7 Å². The van der Waals surface area contributed by atoms with Gasteiger partial charge in [0.25, 0.3) is 0 Å². The van der Waals surface area contributed by atoms with Crippen LogP contribution in [0.1, 0.15) is 17.3 Å². The van der Waals surface area contributed by atoms with E-state index in [4.69, 9.17) is 0 Å². The van der Waals surface area contributed by atoms with Crippen LogP contribution in [0.4, 0.5) is 8.78 Å². The molecular formula is C15H12F2O2S. The maximum absolute atomic E-state index is 13.6. The Hall–Kier alpha value is -1.88. The van der Waals surface area contributed by atoms with Crippen LogP contribution in [0.15, 0.2) is 53.4 Å². The lowest BCUT2D eigenvalue weighted by atomic mass is 10.1. The lowest BCUT2D eigenvalue weighted by molar-refractivity contribution is 0.0992. The summed E-state index contributed by atoms with van der Waals surface area (Å²) < 4.78 is 38.6. The molecule has 5 heteroatoms. The molecule has 104 valence electrons. The minimum Gasteiger partial charge on any atom is -0.293 e. The van der Waals surface area contributed by atoms with E-state index in [-0.39, 0.29) is 10.7 Å². The number of hydrogen-bond acceptors (Lipinski definition) is 2. The highest BCUT2D eigenvalue weighted by atomic mass is 32.2. The third-order valence-electron chi connectivity index (χ3n) is 2.86. The monoisotopic (exact) mass is 294 g/mol. The molecule has 0 amide bonds. The SMILES string of the molecule is CC(C(=O)c1ccccc1)S(=O)c1ccc(F)cc1F. The van der Waals surface area contributed by atoms with Gasteiger partial charge in [-0.25, -0.2) is 8.78 Å². The lowest BCUT2D eigenvalue weighted by Crippen LogP contribution is -2.23. The van der Waals surface area contributed by atoms with E-state index in [1.165, 1.54) is 6.92 Å². The van der Waals surface area contributed by atoms with Crippen molar-refractivity contribution in [2.45, 2.75) is 17.1 Å². The molecule has 0 aliphatic heterocycles. The Morgan fingerprint density at radius 3 is 2.35 bits per heavy atom. The summed E-state index contributed by atoms with van der Waals surface area (Å²) in [4.78, 5) is 12.0. The molecule has 0 N–H and O–H groups in total. The van der Waals surface area contributed by atoms with E-state index in [0.717, 1.165) is 12.1 Å². The highest BCUT2D eigenvalue weighted by Crippen LogP contribution is 2.19. The first-order valence-electron chi connectivity index (χ1n) is 5.95. The molecule has 0 heterocycles. The predicted octanol–water partition coefficient (Wildman–Crippen LogP) is 3.34. The molecule has 2 rings (SSSR count). The van der Waals surface area contributed by atoms with Crippen molar-refractivity contribution in [3.63, 3.8) is 0 Å². The predicted molar refractivity (Wildman–Crippen MR) is 73.0 cm³/mol. The molecular weight excluding hydrogens is 282 g/mol. The molecule has 2 atom stereocenters. The number of carbonyl (C=O) groups excluding carboxylic acids is 1. The number of benzene rings is 2. The van der Waals surface area contributed by atoms with Crippen molar-refractivity contribution in [2.75, 3.05) is 0 Å². The summed E-state index contributed by atoms with van der Waals surface area (Å²) in [5.74, 6) is -1.99. The summed E-state index contributed by atoms with van der Waals surface area (Å²) in [5, 5.41) is -0.905. The van der Waals surface area contributed by atoms with Crippen LogP contribution in [0, 0.1) is 11.6 Å². The molecule has 0 aliphatic rings. The van der Waals surface area contributed by atoms with E-state index in [0.29, 0.717) is 11.6 Å². The summed E-state index contributed by atoms with van der Waals surface area (Å²) in [6, 6.07) is 11.2. The Morgan fingerprint density at radius 1 is 1.10 bits per heavy atom. The van der Waals surface area contributed by atoms with Crippen LogP contribution in [0.25, 0.3) is 0 Å². The maximum atomic E-state index is 13.6. The Labute approximate surface area is 117 Å².